The number of hydrogen-bond donors (Lipinski definition) is 1. The molecule has 0 aliphatic rings. The van der Waals surface area contributed by atoms with Gasteiger partial charge in [0.15, 0.2) is 18.1 Å². The summed E-state index contributed by atoms with van der Waals surface area (Å²) in [5.74, 6) is -3.00. The molecule has 1 N–H and O–H groups in total. The summed E-state index contributed by atoms with van der Waals surface area (Å²) in [6.45, 7) is -0.481. The highest BCUT2D eigenvalue weighted by molar-refractivity contribution is 7.99. The molecule has 2 rings (SSSR count). The van der Waals surface area contributed by atoms with Gasteiger partial charge in [0.25, 0.3) is 17.4 Å². The summed E-state index contributed by atoms with van der Waals surface area (Å²) in [6, 6.07) is 9.82. The van der Waals surface area contributed by atoms with Crippen LogP contribution in [0.3, 0.4) is 0 Å². The number of methoxy groups -OCH3 is 1. The summed E-state index contributed by atoms with van der Waals surface area (Å²) in [5.41, 5.74) is -0.00251. The van der Waals surface area contributed by atoms with Crippen molar-refractivity contribution in [2.75, 3.05) is 19.0 Å². The minimum Gasteiger partial charge on any atom is -0.493 e. The van der Waals surface area contributed by atoms with Crippen molar-refractivity contribution < 1.29 is 28.0 Å². The van der Waals surface area contributed by atoms with E-state index in [2.05, 4.69) is 5.32 Å². The molecular weight excluding hydrogens is 370 g/mol. The lowest BCUT2D eigenvalue weighted by molar-refractivity contribution is -0.385. The number of carbonyl (C=O) groups is 1. The van der Waals surface area contributed by atoms with Gasteiger partial charge in [-0.3, -0.25) is 14.9 Å². The van der Waals surface area contributed by atoms with E-state index < -0.39 is 23.2 Å². The average molecular weight is 384 g/mol. The second kappa shape index (κ2) is 8.99. The Kier molecular flexibility index (Phi) is 6.73. The summed E-state index contributed by atoms with van der Waals surface area (Å²) < 4.78 is 35.4. The summed E-state index contributed by atoms with van der Waals surface area (Å²) >= 11 is 0.309. The van der Waals surface area contributed by atoms with Crippen LogP contribution < -0.4 is 14.8 Å². The second-order valence-electron chi connectivity index (χ2n) is 4.80. The van der Waals surface area contributed by atoms with E-state index in [-0.39, 0.29) is 27.8 Å². The second-order valence-corrected chi connectivity index (χ2v) is 5.84. The third kappa shape index (κ3) is 5.31. The van der Waals surface area contributed by atoms with Crippen LogP contribution in [0.2, 0.25) is 0 Å². The summed E-state index contributed by atoms with van der Waals surface area (Å²) in [5, 5.41) is 13.3. The predicted molar refractivity (Wildman–Crippen MR) is 92.1 cm³/mol. The predicted octanol–water partition coefficient (Wildman–Crippen LogP) is 3.94. The Balaban J connectivity index is 2.06. The van der Waals surface area contributed by atoms with Crippen LogP contribution in [0.15, 0.2) is 47.4 Å². The molecule has 7 nitrogen and oxygen atoms in total. The molecule has 26 heavy (non-hydrogen) atoms. The van der Waals surface area contributed by atoms with E-state index in [1.807, 2.05) is 0 Å². The van der Waals surface area contributed by atoms with Gasteiger partial charge >= 0.3 is 0 Å². The number of nitrogens with one attached hydrogen (secondary N) is 1. The number of para-hydroxylation sites is 1. The molecule has 0 heterocycles. The van der Waals surface area contributed by atoms with Gasteiger partial charge in [0.2, 0.25) is 0 Å². The van der Waals surface area contributed by atoms with Crippen molar-refractivity contribution in [2.24, 2.45) is 0 Å². The fraction of sp³-hybridized carbons (Fsp3) is 0.188. The van der Waals surface area contributed by atoms with E-state index in [9.17, 15) is 23.7 Å². The van der Waals surface area contributed by atoms with Crippen molar-refractivity contribution in [1.82, 2.24) is 0 Å². The lowest BCUT2D eigenvalue weighted by Crippen LogP contribution is -2.20. The molecule has 0 aliphatic carbocycles. The van der Waals surface area contributed by atoms with Gasteiger partial charge in [-0.2, -0.15) is 8.78 Å². The van der Waals surface area contributed by atoms with Crippen molar-refractivity contribution in [3.63, 3.8) is 0 Å². The van der Waals surface area contributed by atoms with E-state index in [1.165, 1.54) is 31.4 Å². The van der Waals surface area contributed by atoms with Crippen LogP contribution in [0.1, 0.15) is 0 Å². The molecule has 0 aromatic heterocycles. The molecule has 0 atom stereocenters. The van der Waals surface area contributed by atoms with Crippen molar-refractivity contribution in [1.29, 1.82) is 0 Å². The standard InChI is InChI=1S/C16H14F2N2O5S/c1-24-12-7-6-10(20(22)23)8-13(12)25-9-15(21)19-11-4-2-3-5-14(11)26-16(17)18/h2-8,16H,9H2,1H3,(H,19,21). The van der Waals surface area contributed by atoms with Crippen molar-refractivity contribution >= 4 is 29.0 Å². The highest BCUT2D eigenvalue weighted by Crippen LogP contribution is 2.32. The Morgan fingerprint density at radius 2 is 2.00 bits per heavy atom. The first-order chi connectivity index (χ1) is 12.4. The molecule has 0 spiro atoms. The van der Waals surface area contributed by atoms with Crippen LogP contribution in [0.4, 0.5) is 20.2 Å². The number of nitro benzene ring substituents is 1. The number of hydrogen-bond acceptors (Lipinski definition) is 6. The van der Waals surface area contributed by atoms with Gasteiger partial charge in [0.05, 0.1) is 23.8 Å². The maximum atomic E-state index is 12.6. The molecule has 0 bridgehead atoms. The maximum Gasteiger partial charge on any atom is 0.288 e. The minimum absolute atomic E-state index is 0.0205. The minimum atomic E-state index is -2.63. The molecule has 0 unspecified atom stereocenters. The number of halogens is 2. The number of benzene rings is 2. The van der Waals surface area contributed by atoms with E-state index in [1.54, 1.807) is 12.1 Å². The number of non-ortho nitro benzene ring substituents is 1. The van der Waals surface area contributed by atoms with Crippen LogP contribution in [-0.4, -0.2) is 30.3 Å². The van der Waals surface area contributed by atoms with Gasteiger partial charge in [-0.05, 0) is 18.2 Å². The normalized spacial score (nSPS) is 10.5. The number of carbonyl (C=O) groups excluding carboxylic acids is 1. The Morgan fingerprint density at radius 3 is 2.65 bits per heavy atom. The van der Waals surface area contributed by atoms with E-state index in [0.717, 1.165) is 6.07 Å². The maximum absolute atomic E-state index is 12.6. The van der Waals surface area contributed by atoms with Gasteiger partial charge < -0.3 is 14.8 Å². The van der Waals surface area contributed by atoms with Crippen LogP contribution in [-0.2, 0) is 4.79 Å². The van der Waals surface area contributed by atoms with E-state index >= 15 is 0 Å². The first-order valence-corrected chi connectivity index (χ1v) is 8.07. The Labute approximate surface area is 151 Å². The molecule has 10 heteroatoms. The van der Waals surface area contributed by atoms with Gasteiger partial charge in [-0.15, -0.1) is 0 Å². The fourth-order valence-corrected chi connectivity index (χ4v) is 2.59. The lowest BCUT2D eigenvalue weighted by Gasteiger charge is -2.12. The number of amides is 1. The third-order valence-electron chi connectivity index (χ3n) is 3.09. The lowest BCUT2D eigenvalue weighted by atomic mass is 10.3. The quantitative estimate of drug-likeness (QED) is 0.421. The number of ether oxygens (including phenoxy) is 2. The first-order valence-electron chi connectivity index (χ1n) is 7.19. The van der Waals surface area contributed by atoms with Crippen LogP contribution >= 0.6 is 11.8 Å². The average Bonchev–Trinajstić information content (AvgIpc) is 2.60. The van der Waals surface area contributed by atoms with Gasteiger partial charge in [0.1, 0.15) is 0 Å². The van der Waals surface area contributed by atoms with Crippen LogP contribution in [0, 0.1) is 10.1 Å². The van der Waals surface area contributed by atoms with Crippen molar-refractivity contribution in [3.05, 3.63) is 52.6 Å². The third-order valence-corrected chi connectivity index (χ3v) is 3.88. The number of nitro groups is 1. The smallest absolute Gasteiger partial charge is 0.288 e. The van der Waals surface area contributed by atoms with E-state index in [4.69, 9.17) is 9.47 Å². The molecule has 138 valence electrons. The molecule has 0 saturated heterocycles. The van der Waals surface area contributed by atoms with Gasteiger partial charge in [-0.25, -0.2) is 0 Å². The zero-order valence-electron chi connectivity index (χ0n) is 13.5. The molecule has 0 radical (unpaired) electrons. The zero-order valence-corrected chi connectivity index (χ0v) is 14.3. The Hall–Kier alpha value is -2.88. The highest BCUT2D eigenvalue weighted by Gasteiger charge is 2.15. The summed E-state index contributed by atoms with van der Waals surface area (Å²) in [7, 11) is 1.35. The zero-order chi connectivity index (χ0) is 19.1. The molecule has 0 saturated carbocycles. The molecule has 0 aliphatic heterocycles. The molecule has 2 aromatic carbocycles. The molecule has 2 aromatic rings. The Morgan fingerprint density at radius 1 is 1.27 bits per heavy atom. The molecule has 0 fully saturated rings. The highest BCUT2D eigenvalue weighted by atomic mass is 32.2. The fourth-order valence-electron chi connectivity index (χ4n) is 1.99. The first kappa shape index (κ1) is 19.4. The molecule has 1 amide bonds. The molecular formula is C16H14F2N2O5S. The van der Waals surface area contributed by atoms with Gasteiger partial charge in [-0.1, -0.05) is 23.9 Å². The summed E-state index contributed by atoms with van der Waals surface area (Å²) in [6.07, 6.45) is 0. The number of alkyl halides is 2. The monoisotopic (exact) mass is 384 g/mol. The van der Waals surface area contributed by atoms with Crippen molar-refractivity contribution in [3.8, 4) is 11.5 Å². The number of anilines is 1. The summed E-state index contributed by atoms with van der Waals surface area (Å²) in [4.78, 5) is 22.5. The van der Waals surface area contributed by atoms with Crippen LogP contribution in [0.25, 0.3) is 0 Å². The number of thioether (sulfide) groups is 1. The SMILES string of the molecule is COc1ccc([N+](=O)[O-])cc1OCC(=O)Nc1ccccc1SC(F)F. The van der Waals surface area contributed by atoms with E-state index in [0.29, 0.717) is 11.8 Å². The van der Waals surface area contributed by atoms with Crippen molar-refractivity contribution in [2.45, 2.75) is 10.7 Å². The largest absolute Gasteiger partial charge is 0.493 e. The topological polar surface area (TPSA) is 90.7 Å². The number of rotatable bonds is 8. The van der Waals surface area contributed by atoms with Gasteiger partial charge in [0, 0.05) is 11.0 Å². The Bertz CT molecular complexity index is 804. The van der Waals surface area contributed by atoms with Crippen LogP contribution in [0.5, 0.6) is 11.5 Å². The number of nitrogens with zero attached hydrogens (tertiary/aromatic N) is 1.